The second-order valence-corrected chi connectivity index (χ2v) is 7.09. The first-order valence-electron chi connectivity index (χ1n) is 9.99. The number of H-pyrrole nitrogens is 1. The van der Waals surface area contributed by atoms with Crippen LogP contribution in [0.2, 0.25) is 0 Å². The van der Waals surface area contributed by atoms with Crippen molar-refractivity contribution in [2.45, 2.75) is 13.0 Å². The van der Waals surface area contributed by atoms with Crippen molar-refractivity contribution in [1.29, 1.82) is 0 Å². The minimum Gasteiger partial charge on any atom is -0.497 e. The average Bonchev–Trinajstić information content (AvgIpc) is 3.45. The molecule has 8 nitrogen and oxygen atoms in total. The van der Waals surface area contributed by atoms with Crippen molar-refractivity contribution in [2.75, 3.05) is 19.0 Å². The van der Waals surface area contributed by atoms with Crippen LogP contribution in [0.3, 0.4) is 0 Å². The Morgan fingerprint density at radius 3 is 2.81 bits per heavy atom. The zero-order valence-corrected chi connectivity index (χ0v) is 17.1. The van der Waals surface area contributed by atoms with Crippen LogP contribution < -0.4 is 10.1 Å². The van der Waals surface area contributed by atoms with Gasteiger partial charge in [-0.1, -0.05) is 30.3 Å². The summed E-state index contributed by atoms with van der Waals surface area (Å²) in [6.07, 6.45) is 3.37. The number of rotatable bonds is 5. The van der Waals surface area contributed by atoms with Crippen LogP contribution in [0.1, 0.15) is 24.1 Å². The van der Waals surface area contributed by atoms with Gasteiger partial charge < -0.3 is 19.8 Å². The van der Waals surface area contributed by atoms with Gasteiger partial charge in [0.05, 0.1) is 25.0 Å². The zero-order chi connectivity index (χ0) is 21.4. The molecule has 1 atom stereocenters. The van der Waals surface area contributed by atoms with Crippen molar-refractivity contribution in [3.8, 4) is 5.75 Å². The Morgan fingerprint density at radius 2 is 2.03 bits per heavy atom. The zero-order valence-electron chi connectivity index (χ0n) is 17.1. The van der Waals surface area contributed by atoms with E-state index in [2.05, 4.69) is 20.4 Å². The van der Waals surface area contributed by atoms with Crippen LogP contribution in [0, 0.1) is 0 Å². The summed E-state index contributed by atoms with van der Waals surface area (Å²) in [7, 11) is 1.63. The number of fused-ring (bicyclic) bond motifs is 2. The van der Waals surface area contributed by atoms with Crippen molar-refractivity contribution in [2.24, 2.45) is 0 Å². The van der Waals surface area contributed by atoms with E-state index in [0.29, 0.717) is 17.2 Å². The number of carbonyl (C=O) groups excluding carboxylic acids is 1. The molecule has 2 aromatic heterocycles. The van der Waals surface area contributed by atoms with Gasteiger partial charge in [-0.3, -0.25) is 0 Å². The predicted octanol–water partition coefficient (Wildman–Crippen LogP) is 3.76. The van der Waals surface area contributed by atoms with Crippen LogP contribution in [0.5, 0.6) is 5.75 Å². The lowest BCUT2D eigenvalue weighted by atomic mass is 9.92. The fourth-order valence-corrected chi connectivity index (χ4v) is 3.98. The first-order chi connectivity index (χ1) is 15.2. The summed E-state index contributed by atoms with van der Waals surface area (Å²) < 4.78 is 12.6. The number of esters is 1. The van der Waals surface area contributed by atoms with Gasteiger partial charge in [-0.25, -0.2) is 9.48 Å². The number of nitrogens with one attached hydrogen (secondary N) is 2. The van der Waals surface area contributed by atoms with E-state index in [-0.39, 0.29) is 6.61 Å². The molecule has 1 aliphatic rings. The normalized spacial score (nSPS) is 15.5. The number of hydrogen-bond donors (Lipinski definition) is 2. The van der Waals surface area contributed by atoms with E-state index in [0.717, 1.165) is 27.8 Å². The lowest BCUT2D eigenvalue weighted by molar-refractivity contribution is -0.138. The Labute approximate surface area is 178 Å². The van der Waals surface area contributed by atoms with Crippen molar-refractivity contribution in [3.05, 3.63) is 77.8 Å². The molecule has 0 saturated heterocycles. The molecule has 2 N–H and O–H groups in total. The minimum atomic E-state index is -0.533. The van der Waals surface area contributed by atoms with E-state index in [1.54, 1.807) is 18.7 Å². The standard InChI is InChI=1S/C23H21N5O3/c1-3-31-22(29)19-20(14-7-5-4-6-8-14)27-23-25-13-26-28(23)21(19)17-12-24-18-10-9-15(30-2)11-16(17)18/h4-13,21,24H,3H2,1-2H3,(H,25,26,27). The van der Waals surface area contributed by atoms with E-state index >= 15 is 0 Å². The molecule has 0 fully saturated rings. The topological polar surface area (TPSA) is 94.1 Å². The molecule has 8 heteroatoms. The van der Waals surface area contributed by atoms with Crippen molar-refractivity contribution in [3.63, 3.8) is 0 Å². The van der Waals surface area contributed by atoms with Gasteiger partial charge in [-0.15, -0.1) is 0 Å². The number of aromatic nitrogens is 4. The highest BCUT2D eigenvalue weighted by molar-refractivity contribution is 6.03. The van der Waals surface area contributed by atoms with Crippen LogP contribution in [0.4, 0.5) is 5.95 Å². The fourth-order valence-electron chi connectivity index (χ4n) is 3.98. The molecule has 0 saturated carbocycles. The third-order valence-electron chi connectivity index (χ3n) is 5.37. The van der Waals surface area contributed by atoms with E-state index < -0.39 is 12.0 Å². The molecule has 3 heterocycles. The third-order valence-corrected chi connectivity index (χ3v) is 5.37. The number of anilines is 1. The van der Waals surface area contributed by atoms with Gasteiger partial charge in [0.1, 0.15) is 18.1 Å². The lowest BCUT2D eigenvalue weighted by Gasteiger charge is -2.29. The van der Waals surface area contributed by atoms with E-state index in [1.165, 1.54) is 6.33 Å². The van der Waals surface area contributed by atoms with E-state index in [9.17, 15) is 4.79 Å². The Hall–Kier alpha value is -4.07. The summed E-state index contributed by atoms with van der Waals surface area (Å²) >= 11 is 0. The van der Waals surface area contributed by atoms with Crippen LogP contribution in [0.25, 0.3) is 16.6 Å². The molecular weight excluding hydrogens is 394 g/mol. The molecule has 0 radical (unpaired) electrons. The summed E-state index contributed by atoms with van der Waals surface area (Å²) in [5, 5.41) is 8.63. The Bertz CT molecular complexity index is 1290. The highest BCUT2D eigenvalue weighted by atomic mass is 16.5. The van der Waals surface area contributed by atoms with Gasteiger partial charge in [0.15, 0.2) is 0 Å². The maximum Gasteiger partial charge on any atom is 0.338 e. The minimum absolute atomic E-state index is 0.267. The Morgan fingerprint density at radius 1 is 1.19 bits per heavy atom. The van der Waals surface area contributed by atoms with Crippen LogP contribution in [-0.2, 0) is 9.53 Å². The van der Waals surface area contributed by atoms with Crippen molar-refractivity contribution >= 4 is 28.5 Å². The highest BCUT2D eigenvalue weighted by Gasteiger charge is 2.37. The maximum atomic E-state index is 13.3. The third kappa shape index (κ3) is 3.13. The van der Waals surface area contributed by atoms with Crippen LogP contribution in [-0.4, -0.2) is 39.4 Å². The first-order valence-corrected chi connectivity index (χ1v) is 9.99. The molecule has 1 unspecified atom stereocenters. The van der Waals surface area contributed by atoms with Crippen molar-refractivity contribution < 1.29 is 14.3 Å². The maximum absolute atomic E-state index is 13.3. The molecule has 0 amide bonds. The average molecular weight is 415 g/mol. The fraction of sp³-hybridized carbons (Fsp3) is 0.174. The number of benzene rings is 2. The monoisotopic (exact) mass is 415 g/mol. The summed E-state index contributed by atoms with van der Waals surface area (Å²) in [6, 6.07) is 14.9. The van der Waals surface area contributed by atoms with Gasteiger partial charge in [-0.05, 0) is 30.7 Å². The molecule has 0 spiro atoms. The van der Waals surface area contributed by atoms with Crippen LogP contribution in [0.15, 0.2) is 66.6 Å². The second-order valence-electron chi connectivity index (χ2n) is 7.09. The summed E-state index contributed by atoms with van der Waals surface area (Å²) in [5.41, 5.74) is 3.79. The Kier molecular flexibility index (Phi) is 4.66. The molecule has 156 valence electrons. The molecule has 0 bridgehead atoms. The second kappa shape index (κ2) is 7.64. The largest absolute Gasteiger partial charge is 0.497 e. The molecule has 4 aromatic rings. The van der Waals surface area contributed by atoms with Gasteiger partial charge >= 0.3 is 5.97 Å². The van der Waals surface area contributed by atoms with Crippen LogP contribution >= 0.6 is 0 Å². The summed E-state index contributed by atoms with van der Waals surface area (Å²) in [6.45, 7) is 2.06. The molecule has 0 aliphatic carbocycles. The quantitative estimate of drug-likeness (QED) is 0.482. The molecule has 2 aromatic carbocycles. The number of nitrogens with zero attached hydrogens (tertiary/aromatic N) is 3. The number of ether oxygens (including phenoxy) is 2. The van der Waals surface area contributed by atoms with E-state index in [1.807, 2.05) is 54.7 Å². The number of hydrogen-bond acceptors (Lipinski definition) is 6. The van der Waals surface area contributed by atoms with Gasteiger partial charge in [0.2, 0.25) is 5.95 Å². The summed E-state index contributed by atoms with van der Waals surface area (Å²) in [5.74, 6) is 0.873. The predicted molar refractivity (Wildman–Crippen MR) is 117 cm³/mol. The number of carbonyl (C=O) groups is 1. The Balaban J connectivity index is 1.79. The van der Waals surface area contributed by atoms with Crippen molar-refractivity contribution in [1.82, 2.24) is 19.7 Å². The molecule has 31 heavy (non-hydrogen) atoms. The molecule has 5 rings (SSSR count). The number of methoxy groups -OCH3 is 1. The number of aromatic amines is 1. The van der Waals surface area contributed by atoms with E-state index in [4.69, 9.17) is 9.47 Å². The first kappa shape index (κ1) is 18.9. The van der Waals surface area contributed by atoms with Gasteiger partial charge in [0.25, 0.3) is 0 Å². The van der Waals surface area contributed by atoms with Gasteiger partial charge in [-0.2, -0.15) is 10.1 Å². The summed E-state index contributed by atoms with van der Waals surface area (Å²) in [4.78, 5) is 20.9. The highest BCUT2D eigenvalue weighted by Crippen LogP contribution is 2.41. The SMILES string of the molecule is CCOC(=O)C1=C(c2ccccc2)Nc2ncnn2C1c1c[nH]c2ccc(OC)cc12. The molecule has 1 aliphatic heterocycles. The van der Waals surface area contributed by atoms with Gasteiger partial charge in [0, 0.05) is 22.7 Å². The smallest absolute Gasteiger partial charge is 0.338 e. The molecular formula is C23H21N5O3. The lowest BCUT2D eigenvalue weighted by Crippen LogP contribution is -2.29.